The minimum atomic E-state index is 0.185. The molecular weight excluding hydrogens is 138 g/mol. The van der Waals surface area contributed by atoms with Crippen LogP contribution in [-0.2, 0) is 13.5 Å². The molecule has 0 radical (unpaired) electrons. The third-order valence-electron chi connectivity index (χ3n) is 2.55. The summed E-state index contributed by atoms with van der Waals surface area (Å²) in [7, 11) is 1.97. The van der Waals surface area contributed by atoms with E-state index in [4.69, 9.17) is 5.73 Å². The van der Waals surface area contributed by atoms with Crippen molar-refractivity contribution in [3.05, 3.63) is 17.0 Å². The zero-order valence-electron chi connectivity index (χ0n) is 6.96. The Morgan fingerprint density at radius 2 is 2.36 bits per heavy atom. The molecular formula is C8H13N3. The Morgan fingerprint density at radius 3 is 3.00 bits per heavy atom. The van der Waals surface area contributed by atoms with Gasteiger partial charge in [-0.2, -0.15) is 5.10 Å². The Kier molecular flexibility index (Phi) is 1.29. The Bertz CT molecular complexity index is 288. The maximum atomic E-state index is 5.85. The third-order valence-corrected chi connectivity index (χ3v) is 2.55. The lowest BCUT2D eigenvalue weighted by Gasteiger charge is -1.98. The summed E-state index contributed by atoms with van der Waals surface area (Å²) in [6.07, 6.45) is 2.18. The van der Waals surface area contributed by atoms with E-state index in [0.29, 0.717) is 0 Å². The highest BCUT2D eigenvalue weighted by Gasteiger charge is 2.24. The molecule has 1 aliphatic carbocycles. The van der Waals surface area contributed by atoms with Gasteiger partial charge >= 0.3 is 0 Å². The minimum absolute atomic E-state index is 0.185. The van der Waals surface area contributed by atoms with Crippen molar-refractivity contribution in [2.45, 2.75) is 25.8 Å². The lowest BCUT2D eigenvalue weighted by Crippen LogP contribution is -2.07. The van der Waals surface area contributed by atoms with Crippen LogP contribution in [0.2, 0.25) is 0 Å². The van der Waals surface area contributed by atoms with Crippen LogP contribution in [0.1, 0.15) is 29.4 Å². The van der Waals surface area contributed by atoms with Crippen molar-refractivity contribution in [1.29, 1.82) is 0 Å². The van der Waals surface area contributed by atoms with E-state index >= 15 is 0 Å². The zero-order valence-corrected chi connectivity index (χ0v) is 6.96. The van der Waals surface area contributed by atoms with E-state index in [9.17, 15) is 0 Å². The number of aryl methyl sites for hydroxylation is 1. The number of hydrogen-bond acceptors (Lipinski definition) is 2. The third kappa shape index (κ3) is 0.807. The van der Waals surface area contributed by atoms with E-state index in [0.717, 1.165) is 18.5 Å². The van der Waals surface area contributed by atoms with E-state index in [1.54, 1.807) is 0 Å². The van der Waals surface area contributed by atoms with Gasteiger partial charge in [0.25, 0.3) is 0 Å². The number of nitrogens with two attached hydrogens (primary N) is 1. The van der Waals surface area contributed by atoms with Gasteiger partial charge in [0, 0.05) is 18.8 Å². The molecule has 0 unspecified atom stereocenters. The summed E-state index contributed by atoms with van der Waals surface area (Å²) in [5.74, 6) is 0. The molecule has 1 aromatic rings. The minimum Gasteiger partial charge on any atom is -0.323 e. The second kappa shape index (κ2) is 2.08. The van der Waals surface area contributed by atoms with E-state index in [-0.39, 0.29) is 6.04 Å². The Hall–Kier alpha value is -0.830. The van der Waals surface area contributed by atoms with Gasteiger partial charge in [0.1, 0.15) is 0 Å². The standard InChI is InChI=1S/C8H13N3/c1-5-6-3-4-7(9)8(6)10-11(5)2/h7H,3-4,9H2,1-2H3/t7-/m1/s1. The normalized spacial score (nSPS) is 22.3. The van der Waals surface area contributed by atoms with Crippen LogP contribution in [0, 0.1) is 6.92 Å². The summed E-state index contributed by atoms with van der Waals surface area (Å²) in [5, 5.41) is 4.36. The Labute approximate surface area is 66.2 Å². The Morgan fingerprint density at radius 1 is 1.64 bits per heavy atom. The van der Waals surface area contributed by atoms with Crippen LogP contribution in [0.5, 0.6) is 0 Å². The maximum Gasteiger partial charge on any atom is 0.0826 e. The fourth-order valence-corrected chi connectivity index (χ4v) is 1.72. The predicted octanol–water partition coefficient (Wildman–Crippen LogP) is 0.675. The average Bonchev–Trinajstić information content (AvgIpc) is 2.43. The number of nitrogens with zero attached hydrogens (tertiary/aromatic N) is 2. The van der Waals surface area contributed by atoms with Crippen LogP contribution in [0.4, 0.5) is 0 Å². The molecule has 60 valence electrons. The van der Waals surface area contributed by atoms with Crippen molar-refractivity contribution in [2.24, 2.45) is 12.8 Å². The van der Waals surface area contributed by atoms with Gasteiger partial charge in [0.2, 0.25) is 0 Å². The molecule has 0 spiro atoms. The Balaban J connectivity index is 2.57. The van der Waals surface area contributed by atoms with Crippen molar-refractivity contribution >= 4 is 0 Å². The van der Waals surface area contributed by atoms with Crippen LogP contribution in [0.25, 0.3) is 0 Å². The van der Waals surface area contributed by atoms with Gasteiger partial charge in [0.15, 0.2) is 0 Å². The molecule has 0 amide bonds. The van der Waals surface area contributed by atoms with Crippen molar-refractivity contribution in [3.8, 4) is 0 Å². The van der Waals surface area contributed by atoms with Gasteiger partial charge < -0.3 is 5.73 Å². The van der Waals surface area contributed by atoms with Crippen molar-refractivity contribution in [3.63, 3.8) is 0 Å². The summed E-state index contributed by atoms with van der Waals surface area (Å²) in [5.41, 5.74) is 9.61. The number of fused-ring (bicyclic) bond motifs is 1. The molecule has 1 aromatic heterocycles. The van der Waals surface area contributed by atoms with Crippen LogP contribution in [0.15, 0.2) is 0 Å². The van der Waals surface area contributed by atoms with E-state index < -0.39 is 0 Å². The molecule has 0 saturated carbocycles. The van der Waals surface area contributed by atoms with Gasteiger partial charge in [-0.15, -0.1) is 0 Å². The summed E-state index contributed by atoms with van der Waals surface area (Å²) < 4.78 is 1.92. The zero-order chi connectivity index (χ0) is 8.01. The number of hydrogen-bond donors (Lipinski definition) is 1. The second-order valence-corrected chi connectivity index (χ2v) is 3.22. The fourth-order valence-electron chi connectivity index (χ4n) is 1.72. The van der Waals surface area contributed by atoms with Crippen LogP contribution >= 0.6 is 0 Å². The first kappa shape index (κ1) is 6.85. The molecule has 1 aliphatic rings. The maximum absolute atomic E-state index is 5.85. The second-order valence-electron chi connectivity index (χ2n) is 3.22. The molecule has 0 aromatic carbocycles. The summed E-state index contributed by atoms with van der Waals surface area (Å²) in [6.45, 7) is 2.10. The lowest BCUT2D eigenvalue weighted by molar-refractivity contribution is 0.638. The monoisotopic (exact) mass is 151 g/mol. The summed E-state index contributed by atoms with van der Waals surface area (Å²) in [4.78, 5) is 0. The molecule has 3 nitrogen and oxygen atoms in total. The predicted molar refractivity (Wildman–Crippen MR) is 43.2 cm³/mol. The van der Waals surface area contributed by atoms with Gasteiger partial charge in [-0.25, -0.2) is 0 Å². The number of rotatable bonds is 0. The smallest absolute Gasteiger partial charge is 0.0826 e. The van der Waals surface area contributed by atoms with Gasteiger partial charge in [-0.1, -0.05) is 0 Å². The lowest BCUT2D eigenvalue weighted by atomic mass is 10.2. The van der Waals surface area contributed by atoms with Crippen molar-refractivity contribution in [2.75, 3.05) is 0 Å². The first-order chi connectivity index (χ1) is 5.20. The van der Waals surface area contributed by atoms with Crippen LogP contribution in [-0.4, -0.2) is 9.78 Å². The average molecular weight is 151 g/mol. The molecule has 1 heterocycles. The van der Waals surface area contributed by atoms with Crippen molar-refractivity contribution in [1.82, 2.24) is 9.78 Å². The molecule has 0 bridgehead atoms. The van der Waals surface area contributed by atoms with Crippen LogP contribution < -0.4 is 5.73 Å². The molecule has 11 heavy (non-hydrogen) atoms. The van der Waals surface area contributed by atoms with Gasteiger partial charge in [-0.05, 0) is 25.3 Å². The topological polar surface area (TPSA) is 43.8 Å². The molecule has 2 N–H and O–H groups in total. The molecule has 3 heteroatoms. The van der Waals surface area contributed by atoms with Gasteiger partial charge in [0.05, 0.1) is 5.69 Å². The molecule has 2 rings (SSSR count). The largest absolute Gasteiger partial charge is 0.323 e. The molecule has 0 aliphatic heterocycles. The quantitative estimate of drug-likeness (QED) is 0.592. The number of aromatic nitrogens is 2. The molecule has 1 atom stereocenters. The highest BCUT2D eigenvalue weighted by Crippen LogP contribution is 2.29. The van der Waals surface area contributed by atoms with E-state index in [1.165, 1.54) is 11.3 Å². The summed E-state index contributed by atoms with van der Waals surface area (Å²) >= 11 is 0. The summed E-state index contributed by atoms with van der Waals surface area (Å²) in [6, 6.07) is 0.185. The first-order valence-corrected chi connectivity index (χ1v) is 3.98. The molecule has 0 saturated heterocycles. The van der Waals surface area contributed by atoms with E-state index in [1.807, 2.05) is 11.7 Å². The highest BCUT2D eigenvalue weighted by atomic mass is 15.3. The van der Waals surface area contributed by atoms with Crippen molar-refractivity contribution < 1.29 is 0 Å². The molecule has 0 fully saturated rings. The van der Waals surface area contributed by atoms with E-state index in [2.05, 4.69) is 12.0 Å². The highest BCUT2D eigenvalue weighted by molar-refractivity contribution is 5.32. The van der Waals surface area contributed by atoms with Crippen LogP contribution in [0.3, 0.4) is 0 Å². The first-order valence-electron chi connectivity index (χ1n) is 3.98. The van der Waals surface area contributed by atoms with Gasteiger partial charge in [-0.3, -0.25) is 4.68 Å². The fraction of sp³-hybridized carbons (Fsp3) is 0.625. The SMILES string of the molecule is Cc1c2c(nn1C)[C@H](N)CC2.